The van der Waals surface area contributed by atoms with Crippen molar-refractivity contribution in [2.75, 3.05) is 0 Å². The van der Waals surface area contributed by atoms with Gasteiger partial charge in [-0.3, -0.25) is 0 Å². The lowest BCUT2D eigenvalue weighted by Crippen LogP contribution is -2.56. The van der Waals surface area contributed by atoms with E-state index in [-0.39, 0.29) is 11.3 Å². The van der Waals surface area contributed by atoms with Gasteiger partial charge in [-0.1, -0.05) is 53.4 Å². The minimum Gasteiger partial charge on any atom is -0.228 e. The summed E-state index contributed by atoms with van der Waals surface area (Å²) in [5, 5.41) is 0. The summed E-state index contributed by atoms with van der Waals surface area (Å²) < 4.78 is 0. The summed E-state index contributed by atoms with van der Waals surface area (Å²) in [6, 6.07) is 0. The van der Waals surface area contributed by atoms with Crippen LogP contribution >= 0.6 is 0 Å². The van der Waals surface area contributed by atoms with Gasteiger partial charge in [0.05, 0.1) is 11.2 Å². The highest BCUT2D eigenvalue weighted by Crippen LogP contribution is 2.53. The molecule has 0 aliphatic heterocycles. The first kappa shape index (κ1) is 24.9. The monoisotopic (exact) mass is 386 g/mol. The maximum atomic E-state index is 6.16. The van der Waals surface area contributed by atoms with Gasteiger partial charge in [0.2, 0.25) is 5.79 Å². The molecule has 0 N–H and O–H groups in total. The van der Waals surface area contributed by atoms with Crippen LogP contribution in [0.5, 0.6) is 0 Å². The van der Waals surface area contributed by atoms with Gasteiger partial charge in [0, 0.05) is 12.3 Å². The van der Waals surface area contributed by atoms with E-state index in [1.165, 1.54) is 25.7 Å². The van der Waals surface area contributed by atoms with Crippen LogP contribution in [0.3, 0.4) is 0 Å². The molecule has 0 aromatic heterocycles. The minimum absolute atomic E-state index is 0.0897. The summed E-state index contributed by atoms with van der Waals surface area (Å²) >= 11 is 0. The normalized spacial score (nSPS) is 25.6. The van der Waals surface area contributed by atoms with E-state index < -0.39 is 17.0 Å². The molecule has 0 radical (unpaired) electrons. The fourth-order valence-corrected chi connectivity index (χ4v) is 4.31. The Balaban J connectivity index is 3.13. The van der Waals surface area contributed by atoms with E-state index in [9.17, 15) is 0 Å². The summed E-state index contributed by atoms with van der Waals surface area (Å²) in [5.74, 6) is -0.199. The minimum atomic E-state index is -0.881. The van der Waals surface area contributed by atoms with Gasteiger partial charge in [-0.15, -0.1) is 0 Å². The van der Waals surface area contributed by atoms with Gasteiger partial charge in [-0.25, -0.2) is 9.78 Å². The van der Waals surface area contributed by atoms with E-state index in [1.807, 2.05) is 41.5 Å². The van der Waals surface area contributed by atoms with Gasteiger partial charge >= 0.3 is 0 Å². The number of unbranched alkanes of at least 4 members (excludes halogenated alkanes) is 3. The number of rotatable bonds is 9. The molecule has 1 rings (SSSR count). The summed E-state index contributed by atoms with van der Waals surface area (Å²) in [7, 11) is 0. The van der Waals surface area contributed by atoms with Crippen LogP contribution in [0.15, 0.2) is 0 Å². The Hall–Kier alpha value is -0.160. The molecular weight excluding hydrogens is 340 g/mol. The lowest BCUT2D eigenvalue weighted by atomic mass is 9.61. The van der Waals surface area contributed by atoms with Gasteiger partial charge in [-0.2, -0.15) is 9.78 Å². The molecule has 1 saturated carbocycles. The van der Waals surface area contributed by atoms with E-state index in [1.54, 1.807) is 0 Å². The Morgan fingerprint density at radius 3 is 1.78 bits per heavy atom. The Morgan fingerprint density at radius 2 is 1.33 bits per heavy atom. The largest absolute Gasteiger partial charge is 0.237 e. The quantitative estimate of drug-likeness (QED) is 0.181. The average Bonchev–Trinajstić information content (AvgIpc) is 2.47. The Morgan fingerprint density at radius 1 is 0.815 bits per heavy atom. The molecular formula is C23H46O4. The molecule has 1 fully saturated rings. The molecule has 1 aliphatic rings. The molecule has 0 spiro atoms. The molecule has 2 unspecified atom stereocenters. The predicted molar refractivity (Wildman–Crippen MR) is 111 cm³/mol. The fourth-order valence-electron chi connectivity index (χ4n) is 4.31. The Kier molecular flexibility index (Phi) is 8.81. The zero-order valence-electron chi connectivity index (χ0n) is 19.7. The molecule has 0 heterocycles. The Bertz CT molecular complexity index is 413. The highest BCUT2D eigenvalue weighted by molar-refractivity contribution is 4.96. The highest BCUT2D eigenvalue weighted by atomic mass is 17.3. The predicted octanol–water partition coefficient (Wildman–Crippen LogP) is 7.22. The molecule has 4 nitrogen and oxygen atoms in total. The van der Waals surface area contributed by atoms with Crippen molar-refractivity contribution in [3.8, 4) is 0 Å². The van der Waals surface area contributed by atoms with E-state index in [0.717, 1.165) is 19.3 Å². The number of hydrogen-bond acceptors (Lipinski definition) is 4. The molecule has 0 bridgehead atoms. The molecule has 162 valence electrons. The molecule has 0 amide bonds. The van der Waals surface area contributed by atoms with Crippen molar-refractivity contribution < 1.29 is 19.6 Å². The first-order valence-electron chi connectivity index (χ1n) is 10.9. The topological polar surface area (TPSA) is 36.9 Å². The van der Waals surface area contributed by atoms with Crippen LogP contribution in [0.2, 0.25) is 0 Å². The van der Waals surface area contributed by atoms with Crippen LogP contribution in [0.25, 0.3) is 0 Å². The van der Waals surface area contributed by atoms with Crippen LogP contribution in [0.4, 0.5) is 0 Å². The maximum absolute atomic E-state index is 6.16. The van der Waals surface area contributed by atoms with Gasteiger partial charge in [0.15, 0.2) is 0 Å². The third-order valence-corrected chi connectivity index (χ3v) is 5.19. The zero-order chi connectivity index (χ0) is 20.9. The van der Waals surface area contributed by atoms with Crippen LogP contribution in [-0.4, -0.2) is 17.0 Å². The molecule has 0 aromatic carbocycles. The van der Waals surface area contributed by atoms with Gasteiger partial charge in [0.25, 0.3) is 0 Å². The summed E-state index contributed by atoms with van der Waals surface area (Å²) in [6.45, 7) is 21.2. The summed E-state index contributed by atoms with van der Waals surface area (Å²) in [6.07, 6.45) is 7.93. The zero-order valence-corrected chi connectivity index (χ0v) is 19.7. The first-order valence-corrected chi connectivity index (χ1v) is 10.9. The molecule has 2 atom stereocenters. The first-order chi connectivity index (χ1) is 12.2. The van der Waals surface area contributed by atoms with Crippen molar-refractivity contribution in [3.63, 3.8) is 0 Å². The van der Waals surface area contributed by atoms with Gasteiger partial charge < -0.3 is 0 Å². The van der Waals surface area contributed by atoms with Crippen molar-refractivity contribution >= 4 is 0 Å². The van der Waals surface area contributed by atoms with E-state index in [2.05, 4.69) is 27.7 Å². The van der Waals surface area contributed by atoms with Crippen LogP contribution in [0.1, 0.15) is 114 Å². The third-order valence-electron chi connectivity index (χ3n) is 5.19. The summed E-state index contributed by atoms with van der Waals surface area (Å²) in [4.78, 5) is 24.0. The van der Waals surface area contributed by atoms with Crippen molar-refractivity contribution in [1.82, 2.24) is 0 Å². The highest BCUT2D eigenvalue weighted by Gasteiger charge is 2.56. The molecule has 0 saturated heterocycles. The van der Waals surface area contributed by atoms with Crippen LogP contribution in [0, 0.1) is 17.3 Å². The number of hydrogen-bond donors (Lipinski definition) is 0. The molecule has 4 heteroatoms. The van der Waals surface area contributed by atoms with Gasteiger partial charge in [0.1, 0.15) is 0 Å². The molecule has 27 heavy (non-hydrogen) atoms. The SMILES string of the molecule is CCCCCCC1C(C)(C)CC(C)CC1(OOC(C)(C)C)OOC(C)(C)C. The lowest BCUT2D eigenvalue weighted by molar-refractivity contribution is -0.563. The second kappa shape index (κ2) is 9.56. The second-order valence-corrected chi connectivity index (χ2v) is 11.3. The van der Waals surface area contributed by atoms with Crippen molar-refractivity contribution in [2.45, 2.75) is 131 Å². The second-order valence-electron chi connectivity index (χ2n) is 11.3. The molecule has 0 aromatic rings. The fraction of sp³-hybridized carbons (Fsp3) is 1.00. The average molecular weight is 387 g/mol. The van der Waals surface area contributed by atoms with Crippen LogP contribution < -0.4 is 0 Å². The lowest BCUT2D eigenvalue weighted by Gasteiger charge is -2.52. The van der Waals surface area contributed by atoms with E-state index >= 15 is 0 Å². The van der Waals surface area contributed by atoms with Crippen LogP contribution in [-0.2, 0) is 19.6 Å². The van der Waals surface area contributed by atoms with Crippen molar-refractivity contribution in [1.29, 1.82) is 0 Å². The summed E-state index contributed by atoms with van der Waals surface area (Å²) in [5.41, 5.74) is -0.724. The molecule has 1 aliphatic carbocycles. The van der Waals surface area contributed by atoms with Gasteiger partial charge in [-0.05, 0) is 65.7 Å². The van der Waals surface area contributed by atoms with E-state index in [0.29, 0.717) is 5.92 Å². The van der Waals surface area contributed by atoms with E-state index in [4.69, 9.17) is 19.6 Å². The Labute approximate surface area is 168 Å². The van der Waals surface area contributed by atoms with Crippen molar-refractivity contribution in [3.05, 3.63) is 0 Å². The maximum Gasteiger partial charge on any atom is 0.237 e. The standard InChI is InChI=1S/C23H46O4/c1-11-12-13-14-15-19-22(9,10)16-18(2)17-23(19,26-24-20(3,4)5)27-25-21(6,7)8/h18-19H,11-17H2,1-10H3. The van der Waals surface area contributed by atoms with Crippen molar-refractivity contribution in [2.24, 2.45) is 17.3 Å². The third kappa shape index (κ3) is 8.39. The smallest absolute Gasteiger partial charge is 0.228 e.